The number of alkyl halides is 3. The first-order valence-electron chi connectivity index (χ1n) is 5.14. The Balaban J connectivity index is 2.09. The van der Waals surface area contributed by atoms with Gasteiger partial charge in [-0.25, -0.2) is 4.79 Å². The number of nitrogens with one attached hydrogen (secondary N) is 1. The van der Waals surface area contributed by atoms with Crippen LogP contribution in [0.4, 0.5) is 13.2 Å². The summed E-state index contributed by atoms with van der Waals surface area (Å²) in [5.74, 6) is -2.27. The van der Waals surface area contributed by atoms with Crippen molar-refractivity contribution < 1.29 is 32.5 Å². The standard InChI is InChI=1S/C9H12F3NO4/c10-9(11,12)7(15)17-8-2-6(14)1-5(13-8)3-16-4-8/h5-6,13-14H,1-4H2. The molecular weight excluding hydrogens is 243 g/mol. The number of hydrogen-bond donors (Lipinski definition) is 2. The number of fused-ring (bicyclic) bond motifs is 2. The first-order chi connectivity index (χ1) is 7.81. The van der Waals surface area contributed by atoms with Gasteiger partial charge in [-0.15, -0.1) is 0 Å². The maximum atomic E-state index is 12.1. The van der Waals surface area contributed by atoms with Gasteiger partial charge in [0.05, 0.1) is 12.7 Å². The molecule has 0 aromatic heterocycles. The summed E-state index contributed by atoms with van der Waals surface area (Å²) in [5.41, 5.74) is -1.56. The van der Waals surface area contributed by atoms with Crippen LogP contribution in [0.3, 0.4) is 0 Å². The Labute approximate surface area is 94.9 Å². The highest BCUT2D eigenvalue weighted by Gasteiger charge is 2.51. The molecule has 2 rings (SSSR count). The Hall–Kier alpha value is -0.860. The third kappa shape index (κ3) is 2.70. The number of piperidine rings is 1. The molecule has 17 heavy (non-hydrogen) atoms. The fourth-order valence-corrected chi connectivity index (χ4v) is 2.19. The van der Waals surface area contributed by atoms with Crippen LogP contribution in [0.2, 0.25) is 0 Å². The average molecular weight is 255 g/mol. The molecule has 3 atom stereocenters. The zero-order valence-electron chi connectivity index (χ0n) is 8.79. The van der Waals surface area contributed by atoms with Gasteiger partial charge in [0.2, 0.25) is 0 Å². The molecule has 2 saturated heterocycles. The van der Waals surface area contributed by atoms with E-state index < -0.39 is 24.0 Å². The number of aliphatic hydroxyl groups excluding tert-OH is 1. The van der Waals surface area contributed by atoms with E-state index in [1.165, 1.54) is 0 Å². The van der Waals surface area contributed by atoms with Gasteiger partial charge in [-0.3, -0.25) is 5.32 Å². The predicted molar refractivity (Wildman–Crippen MR) is 47.9 cm³/mol. The molecule has 0 saturated carbocycles. The van der Waals surface area contributed by atoms with Crippen LogP contribution in [-0.2, 0) is 14.3 Å². The molecule has 2 bridgehead atoms. The summed E-state index contributed by atoms with van der Waals surface area (Å²) in [4.78, 5) is 10.8. The summed E-state index contributed by atoms with van der Waals surface area (Å²) in [6, 6.07) is -0.298. The van der Waals surface area contributed by atoms with Crippen LogP contribution in [0.5, 0.6) is 0 Å². The second-order valence-corrected chi connectivity index (χ2v) is 4.33. The van der Waals surface area contributed by atoms with E-state index in [0.29, 0.717) is 6.42 Å². The molecule has 8 heteroatoms. The minimum absolute atomic E-state index is 0.106. The van der Waals surface area contributed by atoms with Crippen molar-refractivity contribution in [1.82, 2.24) is 5.32 Å². The van der Waals surface area contributed by atoms with Crippen LogP contribution in [0.15, 0.2) is 0 Å². The number of morpholine rings is 1. The first-order valence-corrected chi connectivity index (χ1v) is 5.14. The van der Waals surface area contributed by atoms with Gasteiger partial charge in [-0.05, 0) is 6.42 Å². The molecule has 0 spiro atoms. The summed E-state index contributed by atoms with van der Waals surface area (Å²) in [6.45, 7) is 0.0881. The fraction of sp³-hybridized carbons (Fsp3) is 0.889. The molecule has 2 fully saturated rings. The van der Waals surface area contributed by atoms with E-state index in [0.717, 1.165) is 0 Å². The lowest BCUT2D eigenvalue weighted by molar-refractivity contribution is -0.239. The number of carbonyl (C=O) groups excluding carboxylic acids is 1. The Kier molecular flexibility index (Phi) is 3.04. The lowest BCUT2D eigenvalue weighted by atomic mass is 9.92. The number of rotatable bonds is 1. The second-order valence-electron chi connectivity index (χ2n) is 4.33. The third-order valence-corrected chi connectivity index (χ3v) is 2.76. The zero-order chi connectivity index (χ0) is 12.7. The lowest BCUT2D eigenvalue weighted by Crippen LogP contribution is -2.67. The molecule has 98 valence electrons. The summed E-state index contributed by atoms with van der Waals surface area (Å²) < 4.78 is 45.9. The van der Waals surface area contributed by atoms with Crippen LogP contribution >= 0.6 is 0 Å². The average Bonchev–Trinajstić information content (AvgIpc) is 2.14. The summed E-state index contributed by atoms with van der Waals surface area (Å²) in [7, 11) is 0. The van der Waals surface area contributed by atoms with Crippen LogP contribution in [-0.4, -0.2) is 48.3 Å². The summed E-state index contributed by atoms with van der Waals surface area (Å²) in [5, 5.41) is 12.3. The number of hydrogen-bond acceptors (Lipinski definition) is 5. The van der Waals surface area contributed by atoms with E-state index >= 15 is 0 Å². The van der Waals surface area contributed by atoms with Crippen molar-refractivity contribution in [2.24, 2.45) is 0 Å². The van der Waals surface area contributed by atoms with Crippen molar-refractivity contribution in [2.45, 2.75) is 36.9 Å². The van der Waals surface area contributed by atoms with Crippen LogP contribution in [0.25, 0.3) is 0 Å². The predicted octanol–water partition coefficient (Wildman–Crippen LogP) is -0.0687. The van der Waals surface area contributed by atoms with Crippen LogP contribution < -0.4 is 5.32 Å². The quantitative estimate of drug-likeness (QED) is 0.642. The van der Waals surface area contributed by atoms with Crippen molar-refractivity contribution >= 4 is 5.97 Å². The van der Waals surface area contributed by atoms with Gasteiger partial charge < -0.3 is 14.6 Å². The van der Waals surface area contributed by atoms with Crippen LogP contribution in [0, 0.1) is 0 Å². The zero-order valence-corrected chi connectivity index (χ0v) is 8.79. The molecule has 5 nitrogen and oxygen atoms in total. The van der Waals surface area contributed by atoms with Gasteiger partial charge in [-0.2, -0.15) is 13.2 Å². The highest BCUT2D eigenvalue weighted by atomic mass is 19.4. The van der Waals surface area contributed by atoms with Crippen molar-refractivity contribution in [3.63, 3.8) is 0 Å². The molecule has 2 N–H and O–H groups in total. The maximum Gasteiger partial charge on any atom is 0.490 e. The van der Waals surface area contributed by atoms with E-state index in [1.54, 1.807) is 0 Å². The Morgan fingerprint density at radius 3 is 2.88 bits per heavy atom. The minimum atomic E-state index is -5.05. The van der Waals surface area contributed by atoms with E-state index in [1.807, 2.05) is 0 Å². The van der Waals surface area contributed by atoms with E-state index in [9.17, 15) is 23.1 Å². The van der Waals surface area contributed by atoms with Gasteiger partial charge >= 0.3 is 12.1 Å². The van der Waals surface area contributed by atoms with E-state index in [4.69, 9.17) is 4.74 Å². The van der Waals surface area contributed by atoms with Crippen molar-refractivity contribution in [1.29, 1.82) is 0 Å². The summed E-state index contributed by atoms with van der Waals surface area (Å²) in [6.07, 6.45) is -5.59. The molecule has 2 aliphatic rings. The first kappa shape index (κ1) is 12.6. The number of aliphatic hydroxyl groups is 1. The summed E-state index contributed by atoms with van der Waals surface area (Å²) >= 11 is 0. The van der Waals surface area contributed by atoms with E-state index in [2.05, 4.69) is 10.1 Å². The van der Waals surface area contributed by atoms with Crippen molar-refractivity contribution in [3.05, 3.63) is 0 Å². The lowest BCUT2D eigenvalue weighted by Gasteiger charge is -2.46. The maximum absolute atomic E-state index is 12.1. The van der Waals surface area contributed by atoms with Gasteiger partial charge in [0, 0.05) is 12.5 Å². The van der Waals surface area contributed by atoms with E-state index in [-0.39, 0.29) is 25.7 Å². The monoisotopic (exact) mass is 255 g/mol. The molecule has 0 amide bonds. The molecule has 2 aliphatic heterocycles. The highest BCUT2D eigenvalue weighted by molar-refractivity contribution is 5.76. The SMILES string of the molecule is O=C(OC12COCC(CC(O)C1)N2)C(F)(F)F. The Morgan fingerprint density at radius 1 is 1.53 bits per heavy atom. The van der Waals surface area contributed by atoms with Crippen molar-refractivity contribution in [2.75, 3.05) is 13.2 Å². The van der Waals surface area contributed by atoms with Crippen molar-refractivity contribution in [3.8, 4) is 0 Å². The normalized spacial score (nSPS) is 37.6. The fourth-order valence-electron chi connectivity index (χ4n) is 2.19. The van der Waals surface area contributed by atoms with Gasteiger partial charge in [-0.1, -0.05) is 0 Å². The Morgan fingerprint density at radius 2 is 2.24 bits per heavy atom. The third-order valence-electron chi connectivity index (χ3n) is 2.76. The molecule has 0 aromatic carbocycles. The molecule has 0 aliphatic carbocycles. The number of esters is 1. The minimum Gasteiger partial charge on any atom is -0.435 e. The highest BCUT2D eigenvalue weighted by Crippen LogP contribution is 2.31. The van der Waals surface area contributed by atoms with Gasteiger partial charge in [0.25, 0.3) is 0 Å². The molecule has 0 radical (unpaired) electrons. The molecule has 0 aromatic rings. The van der Waals surface area contributed by atoms with Gasteiger partial charge in [0.1, 0.15) is 6.61 Å². The number of halogens is 3. The molecule has 3 unspecified atom stereocenters. The number of carbonyl (C=O) groups is 1. The topological polar surface area (TPSA) is 67.8 Å². The largest absolute Gasteiger partial charge is 0.490 e. The molecular formula is C9H12F3NO4. The number of ether oxygens (including phenoxy) is 2. The smallest absolute Gasteiger partial charge is 0.435 e. The second kappa shape index (κ2) is 4.11. The van der Waals surface area contributed by atoms with Gasteiger partial charge in [0.15, 0.2) is 5.72 Å². The Bertz CT molecular complexity index is 318. The molecule has 2 heterocycles. The van der Waals surface area contributed by atoms with Crippen LogP contribution in [0.1, 0.15) is 12.8 Å².